The van der Waals surface area contributed by atoms with Gasteiger partial charge in [0, 0.05) is 11.8 Å². The second-order valence-corrected chi connectivity index (χ2v) is 7.89. The van der Waals surface area contributed by atoms with Crippen LogP contribution in [0.3, 0.4) is 0 Å². The second kappa shape index (κ2) is 4.92. The largest absolute Gasteiger partial charge is 0.436 e. The van der Waals surface area contributed by atoms with Crippen LogP contribution in [-0.2, 0) is 19.1 Å². The smallest absolute Gasteiger partial charge is 0.312 e. The van der Waals surface area contributed by atoms with Crippen molar-refractivity contribution in [3.05, 3.63) is 12.2 Å². The van der Waals surface area contributed by atoms with Crippen molar-refractivity contribution in [3.8, 4) is 0 Å². The highest BCUT2D eigenvalue weighted by molar-refractivity contribution is 5.96. The van der Waals surface area contributed by atoms with Gasteiger partial charge in [-0.1, -0.05) is 19.1 Å². The molecule has 0 saturated heterocycles. The number of ketones is 1. The molecule has 0 radical (unpaired) electrons. The van der Waals surface area contributed by atoms with Crippen molar-refractivity contribution < 1.29 is 19.1 Å². The van der Waals surface area contributed by atoms with E-state index in [4.69, 9.17) is 9.47 Å². The molecule has 3 saturated carbocycles. The minimum atomic E-state index is -0.521. The van der Waals surface area contributed by atoms with Crippen molar-refractivity contribution in [2.75, 3.05) is 0 Å². The first-order chi connectivity index (χ1) is 10.5. The highest BCUT2D eigenvalue weighted by Gasteiger charge is 2.51. The molecule has 7 unspecified atom stereocenters. The van der Waals surface area contributed by atoms with E-state index in [1.54, 1.807) is 6.92 Å². The predicted octanol–water partition coefficient (Wildman–Crippen LogP) is 2.86. The van der Waals surface area contributed by atoms with Crippen molar-refractivity contribution in [2.24, 2.45) is 29.1 Å². The normalized spacial score (nSPS) is 46.5. The molecule has 4 heteroatoms. The minimum Gasteiger partial charge on any atom is -0.436 e. The molecule has 120 valence electrons. The van der Waals surface area contributed by atoms with Gasteiger partial charge in [0.1, 0.15) is 5.78 Å². The molecule has 22 heavy (non-hydrogen) atoms. The number of rotatable bonds is 4. The molecule has 7 atom stereocenters. The average Bonchev–Trinajstić information content (AvgIpc) is 3.18. The summed E-state index contributed by atoms with van der Waals surface area (Å²) in [6.07, 6.45) is 8.94. The summed E-state index contributed by atoms with van der Waals surface area (Å²) < 4.78 is 11.5. The van der Waals surface area contributed by atoms with E-state index in [0.29, 0.717) is 6.42 Å². The Hall–Kier alpha value is -1.16. The van der Waals surface area contributed by atoms with Gasteiger partial charge in [-0.2, -0.15) is 0 Å². The van der Waals surface area contributed by atoms with E-state index >= 15 is 0 Å². The summed E-state index contributed by atoms with van der Waals surface area (Å²) >= 11 is 0. The average molecular weight is 304 g/mol. The van der Waals surface area contributed by atoms with Gasteiger partial charge in [-0.15, -0.1) is 0 Å². The Labute approximate surface area is 131 Å². The molecule has 4 aliphatic carbocycles. The summed E-state index contributed by atoms with van der Waals surface area (Å²) in [4.78, 5) is 24.2. The van der Waals surface area contributed by atoms with Crippen molar-refractivity contribution in [1.29, 1.82) is 0 Å². The Bertz CT molecular complexity index is 539. The molecular formula is C18H24O4. The lowest BCUT2D eigenvalue weighted by molar-refractivity contribution is -0.200. The molecular weight excluding hydrogens is 280 g/mol. The molecule has 0 aromatic carbocycles. The van der Waals surface area contributed by atoms with Gasteiger partial charge in [0.25, 0.3) is 0 Å². The van der Waals surface area contributed by atoms with Crippen LogP contribution < -0.4 is 0 Å². The van der Waals surface area contributed by atoms with E-state index in [0.717, 1.165) is 12.3 Å². The monoisotopic (exact) mass is 304 g/mol. The van der Waals surface area contributed by atoms with Crippen LogP contribution in [0.1, 0.15) is 46.0 Å². The number of allylic oxidation sites excluding steroid dienone is 2. The third-order valence-corrected chi connectivity index (χ3v) is 6.33. The number of esters is 1. The number of fused-ring (bicyclic) bond motifs is 4. The maximum absolute atomic E-state index is 12.3. The van der Waals surface area contributed by atoms with Crippen LogP contribution in [0.2, 0.25) is 0 Å². The van der Waals surface area contributed by atoms with Crippen LogP contribution in [-0.4, -0.2) is 24.1 Å². The molecule has 3 fully saturated rings. The third kappa shape index (κ3) is 2.15. The van der Waals surface area contributed by atoms with E-state index in [1.165, 1.54) is 19.3 Å². The maximum atomic E-state index is 12.3. The van der Waals surface area contributed by atoms with E-state index < -0.39 is 6.29 Å². The summed E-state index contributed by atoms with van der Waals surface area (Å²) in [7, 11) is 0. The quantitative estimate of drug-likeness (QED) is 0.455. The van der Waals surface area contributed by atoms with Crippen molar-refractivity contribution >= 4 is 11.8 Å². The fraction of sp³-hybridized carbons (Fsp3) is 0.778. The lowest BCUT2D eigenvalue weighted by Gasteiger charge is -2.33. The summed E-state index contributed by atoms with van der Waals surface area (Å²) in [5.74, 6) is 0.0606. The van der Waals surface area contributed by atoms with Gasteiger partial charge in [0.05, 0.1) is 12.0 Å². The number of hydrogen-bond donors (Lipinski definition) is 0. The van der Waals surface area contributed by atoms with Gasteiger partial charge in [0.2, 0.25) is 0 Å². The summed E-state index contributed by atoms with van der Waals surface area (Å²) in [5, 5.41) is 0. The summed E-state index contributed by atoms with van der Waals surface area (Å²) in [6.45, 7) is 4.09. The van der Waals surface area contributed by atoms with Crippen LogP contribution in [0.5, 0.6) is 0 Å². The molecule has 0 heterocycles. The highest BCUT2D eigenvalue weighted by Crippen LogP contribution is 2.55. The van der Waals surface area contributed by atoms with Crippen molar-refractivity contribution in [1.82, 2.24) is 0 Å². The number of Topliss-reactive ketones (excluding diaryl/α,β-unsaturated/α-hetero) is 1. The first-order valence-electron chi connectivity index (χ1n) is 8.54. The lowest BCUT2D eigenvalue weighted by Crippen LogP contribution is -2.35. The van der Waals surface area contributed by atoms with Gasteiger partial charge in [-0.3, -0.25) is 9.59 Å². The molecule has 4 aliphatic rings. The van der Waals surface area contributed by atoms with Gasteiger partial charge in [-0.25, -0.2) is 0 Å². The Morgan fingerprint density at radius 2 is 2.18 bits per heavy atom. The molecule has 4 bridgehead atoms. The number of carbonyl (C=O) groups excluding carboxylic acids is 2. The van der Waals surface area contributed by atoms with Crippen LogP contribution >= 0.6 is 0 Å². The number of carbonyl (C=O) groups is 2. The SMILES string of the molecule is CC(OC(=O)C1CC2C=CC1C2=O)OC1CC2CCC1(C)C2. The number of hydrogen-bond acceptors (Lipinski definition) is 4. The fourth-order valence-corrected chi connectivity index (χ4v) is 5.09. The topological polar surface area (TPSA) is 52.6 Å². The van der Waals surface area contributed by atoms with Crippen LogP contribution in [0.25, 0.3) is 0 Å². The molecule has 0 aliphatic heterocycles. The highest BCUT2D eigenvalue weighted by atomic mass is 16.7. The van der Waals surface area contributed by atoms with Crippen LogP contribution in [0.15, 0.2) is 12.2 Å². The van der Waals surface area contributed by atoms with Gasteiger partial charge in [0.15, 0.2) is 6.29 Å². The first kappa shape index (κ1) is 14.4. The Morgan fingerprint density at radius 1 is 1.36 bits per heavy atom. The summed E-state index contributed by atoms with van der Waals surface area (Å²) in [6, 6.07) is 0. The fourth-order valence-electron chi connectivity index (χ4n) is 5.09. The van der Waals surface area contributed by atoms with E-state index in [9.17, 15) is 9.59 Å². The van der Waals surface area contributed by atoms with Gasteiger partial charge in [-0.05, 0) is 50.4 Å². The molecule has 0 spiro atoms. The molecule has 0 aromatic rings. The Kier molecular flexibility index (Phi) is 3.23. The van der Waals surface area contributed by atoms with Crippen LogP contribution in [0, 0.1) is 29.1 Å². The van der Waals surface area contributed by atoms with Crippen molar-refractivity contribution in [3.63, 3.8) is 0 Å². The molecule has 0 N–H and O–H groups in total. The zero-order valence-electron chi connectivity index (χ0n) is 13.3. The van der Waals surface area contributed by atoms with E-state index in [-0.39, 0.29) is 41.0 Å². The Morgan fingerprint density at radius 3 is 2.73 bits per heavy atom. The minimum absolute atomic E-state index is 0.0664. The van der Waals surface area contributed by atoms with Gasteiger partial charge >= 0.3 is 5.97 Å². The molecule has 0 aromatic heterocycles. The molecule has 4 rings (SSSR count). The predicted molar refractivity (Wildman–Crippen MR) is 79.7 cm³/mol. The second-order valence-electron chi connectivity index (χ2n) is 7.89. The molecule has 4 nitrogen and oxygen atoms in total. The van der Waals surface area contributed by atoms with Crippen LogP contribution in [0.4, 0.5) is 0 Å². The zero-order valence-corrected chi connectivity index (χ0v) is 13.3. The Balaban J connectivity index is 1.33. The standard InChI is InChI=1S/C18H24O4/c1-10(21-15-7-11-5-6-18(15,2)9-11)22-17(20)14-8-12-3-4-13(14)16(12)19/h3-4,10-15H,5-9H2,1-2H3. The van der Waals surface area contributed by atoms with Crippen molar-refractivity contribution in [2.45, 2.75) is 58.3 Å². The van der Waals surface area contributed by atoms with E-state index in [2.05, 4.69) is 6.92 Å². The van der Waals surface area contributed by atoms with E-state index in [1.807, 2.05) is 12.2 Å². The zero-order chi connectivity index (χ0) is 15.5. The lowest BCUT2D eigenvalue weighted by atomic mass is 9.84. The maximum Gasteiger partial charge on any atom is 0.312 e. The van der Waals surface area contributed by atoms with Gasteiger partial charge < -0.3 is 9.47 Å². The number of ether oxygens (including phenoxy) is 2. The first-order valence-corrected chi connectivity index (χ1v) is 8.54. The third-order valence-electron chi connectivity index (χ3n) is 6.33. The summed E-state index contributed by atoms with van der Waals surface area (Å²) in [5.41, 5.74) is 0.260. The molecule has 0 amide bonds.